The standard InChI is InChI=1S/C15H23BrClN3/c1-11(2)8-18-9-12-3-5-20(6-4-12)15-14(17)7-13(16)10-19-15/h7,10-12,18H,3-6,8-9H2,1-2H3. The van der Waals surface area contributed by atoms with Gasteiger partial charge in [0.05, 0.1) is 5.02 Å². The van der Waals surface area contributed by atoms with E-state index in [4.69, 9.17) is 11.6 Å². The van der Waals surface area contributed by atoms with Crippen LogP contribution in [0.1, 0.15) is 26.7 Å². The van der Waals surface area contributed by atoms with Crippen molar-refractivity contribution in [3.8, 4) is 0 Å². The van der Waals surface area contributed by atoms with Gasteiger partial charge < -0.3 is 10.2 Å². The van der Waals surface area contributed by atoms with E-state index in [0.717, 1.165) is 53.3 Å². The third-order valence-electron chi connectivity index (χ3n) is 3.69. The van der Waals surface area contributed by atoms with Crippen LogP contribution >= 0.6 is 27.5 Å². The lowest BCUT2D eigenvalue weighted by Gasteiger charge is -2.33. The molecule has 112 valence electrons. The molecule has 0 saturated carbocycles. The number of hydrogen-bond donors (Lipinski definition) is 1. The van der Waals surface area contributed by atoms with Crippen LogP contribution in [0, 0.1) is 11.8 Å². The Bertz CT molecular complexity index is 431. The number of aromatic nitrogens is 1. The van der Waals surface area contributed by atoms with Crippen molar-refractivity contribution in [1.29, 1.82) is 0 Å². The van der Waals surface area contributed by atoms with E-state index in [1.54, 1.807) is 0 Å². The van der Waals surface area contributed by atoms with E-state index in [1.165, 1.54) is 12.8 Å². The van der Waals surface area contributed by atoms with Crippen LogP contribution in [0.4, 0.5) is 5.82 Å². The third-order valence-corrected chi connectivity index (χ3v) is 4.40. The number of nitrogens with one attached hydrogen (secondary N) is 1. The zero-order valence-corrected chi connectivity index (χ0v) is 14.5. The Balaban J connectivity index is 1.82. The Morgan fingerprint density at radius 2 is 2.15 bits per heavy atom. The van der Waals surface area contributed by atoms with E-state index < -0.39 is 0 Å². The largest absolute Gasteiger partial charge is 0.355 e. The molecule has 3 nitrogen and oxygen atoms in total. The second kappa shape index (κ2) is 7.62. The van der Waals surface area contributed by atoms with Crippen molar-refractivity contribution in [2.24, 2.45) is 11.8 Å². The van der Waals surface area contributed by atoms with Gasteiger partial charge in [0.1, 0.15) is 5.82 Å². The maximum Gasteiger partial charge on any atom is 0.147 e. The predicted octanol–water partition coefficient (Wildman–Crippen LogP) is 3.96. The smallest absolute Gasteiger partial charge is 0.147 e. The van der Waals surface area contributed by atoms with Crippen molar-refractivity contribution in [3.05, 3.63) is 21.8 Å². The molecule has 5 heteroatoms. The van der Waals surface area contributed by atoms with Gasteiger partial charge in [-0.25, -0.2) is 4.98 Å². The van der Waals surface area contributed by atoms with Crippen LogP contribution in [0.2, 0.25) is 5.02 Å². The monoisotopic (exact) mass is 359 g/mol. The number of hydrogen-bond acceptors (Lipinski definition) is 3. The van der Waals surface area contributed by atoms with Gasteiger partial charge in [-0.2, -0.15) is 0 Å². The van der Waals surface area contributed by atoms with Gasteiger partial charge in [0.15, 0.2) is 0 Å². The molecular weight excluding hydrogens is 338 g/mol. The summed E-state index contributed by atoms with van der Waals surface area (Å²) < 4.78 is 0.930. The minimum atomic E-state index is 0.723. The summed E-state index contributed by atoms with van der Waals surface area (Å²) >= 11 is 9.67. The molecule has 1 aromatic rings. The molecule has 1 aliphatic heterocycles. The minimum Gasteiger partial charge on any atom is -0.355 e. The summed E-state index contributed by atoms with van der Waals surface area (Å²) in [7, 11) is 0. The fourth-order valence-corrected chi connectivity index (χ4v) is 3.31. The Kier molecular flexibility index (Phi) is 6.12. The zero-order valence-electron chi connectivity index (χ0n) is 12.2. The Labute approximate surface area is 135 Å². The van der Waals surface area contributed by atoms with Crippen molar-refractivity contribution in [3.63, 3.8) is 0 Å². The molecule has 0 amide bonds. The second-order valence-electron chi connectivity index (χ2n) is 5.94. The van der Waals surface area contributed by atoms with Gasteiger partial charge in [-0.05, 0) is 59.8 Å². The molecular formula is C15H23BrClN3. The lowest BCUT2D eigenvalue weighted by atomic mass is 9.96. The quantitative estimate of drug-likeness (QED) is 0.861. The molecule has 2 heterocycles. The fourth-order valence-electron chi connectivity index (χ4n) is 2.57. The zero-order chi connectivity index (χ0) is 14.5. The van der Waals surface area contributed by atoms with Gasteiger partial charge >= 0.3 is 0 Å². The van der Waals surface area contributed by atoms with Gasteiger partial charge in [-0.15, -0.1) is 0 Å². The average molecular weight is 361 g/mol. The number of piperidine rings is 1. The molecule has 0 radical (unpaired) electrons. The number of rotatable bonds is 5. The second-order valence-corrected chi connectivity index (χ2v) is 7.26. The van der Waals surface area contributed by atoms with Gasteiger partial charge in [0.25, 0.3) is 0 Å². The van der Waals surface area contributed by atoms with Crippen LogP contribution in [0.15, 0.2) is 16.7 Å². The van der Waals surface area contributed by atoms with Gasteiger partial charge in [0.2, 0.25) is 0 Å². The van der Waals surface area contributed by atoms with Crippen LogP contribution in [-0.2, 0) is 0 Å². The van der Waals surface area contributed by atoms with E-state index >= 15 is 0 Å². The lowest BCUT2D eigenvalue weighted by Crippen LogP contribution is -2.38. The molecule has 1 saturated heterocycles. The molecule has 0 atom stereocenters. The van der Waals surface area contributed by atoms with Crippen molar-refractivity contribution in [2.45, 2.75) is 26.7 Å². The highest BCUT2D eigenvalue weighted by atomic mass is 79.9. The van der Waals surface area contributed by atoms with Crippen molar-refractivity contribution >= 4 is 33.3 Å². The van der Waals surface area contributed by atoms with Gasteiger partial charge in [0, 0.05) is 23.8 Å². The Hall–Kier alpha value is -0.320. The summed E-state index contributed by atoms with van der Waals surface area (Å²) in [5.41, 5.74) is 0. The Morgan fingerprint density at radius 3 is 2.75 bits per heavy atom. The number of anilines is 1. The highest BCUT2D eigenvalue weighted by Crippen LogP contribution is 2.29. The van der Waals surface area contributed by atoms with E-state index in [-0.39, 0.29) is 0 Å². The first-order valence-corrected chi connectivity index (χ1v) is 8.50. The van der Waals surface area contributed by atoms with E-state index in [9.17, 15) is 0 Å². The molecule has 0 unspecified atom stereocenters. The van der Waals surface area contributed by atoms with E-state index in [2.05, 4.69) is 45.0 Å². The third kappa shape index (κ3) is 4.61. The predicted molar refractivity (Wildman–Crippen MR) is 89.6 cm³/mol. The van der Waals surface area contributed by atoms with E-state index in [1.807, 2.05) is 12.3 Å². The molecule has 0 aliphatic carbocycles. The van der Waals surface area contributed by atoms with Crippen LogP contribution in [0.3, 0.4) is 0 Å². The molecule has 0 aromatic carbocycles. The fraction of sp³-hybridized carbons (Fsp3) is 0.667. The van der Waals surface area contributed by atoms with E-state index in [0.29, 0.717) is 0 Å². The molecule has 20 heavy (non-hydrogen) atoms. The van der Waals surface area contributed by atoms with Gasteiger partial charge in [-0.3, -0.25) is 0 Å². The molecule has 0 spiro atoms. The highest BCUT2D eigenvalue weighted by molar-refractivity contribution is 9.10. The SMILES string of the molecule is CC(C)CNCC1CCN(c2ncc(Br)cc2Cl)CC1. The molecule has 1 aliphatic rings. The molecule has 0 bridgehead atoms. The van der Waals surface area contributed by atoms with Crippen LogP contribution < -0.4 is 10.2 Å². The summed E-state index contributed by atoms with van der Waals surface area (Å²) in [6.45, 7) is 8.83. The first kappa shape index (κ1) is 16.1. The van der Waals surface area contributed by atoms with Crippen molar-refractivity contribution < 1.29 is 0 Å². The molecule has 1 aromatic heterocycles. The summed E-state index contributed by atoms with van der Waals surface area (Å²) in [6.07, 6.45) is 4.23. The van der Waals surface area contributed by atoms with Crippen molar-refractivity contribution in [1.82, 2.24) is 10.3 Å². The van der Waals surface area contributed by atoms with Crippen LogP contribution in [0.5, 0.6) is 0 Å². The lowest BCUT2D eigenvalue weighted by molar-refractivity contribution is 0.373. The maximum absolute atomic E-state index is 6.27. The summed E-state index contributed by atoms with van der Waals surface area (Å²) in [4.78, 5) is 6.74. The topological polar surface area (TPSA) is 28.2 Å². The van der Waals surface area contributed by atoms with Gasteiger partial charge in [-0.1, -0.05) is 25.4 Å². The summed E-state index contributed by atoms with van der Waals surface area (Å²) in [6, 6.07) is 1.92. The van der Waals surface area contributed by atoms with Crippen LogP contribution in [0.25, 0.3) is 0 Å². The number of halogens is 2. The molecule has 1 N–H and O–H groups in total. The maximum atomic E-state index is 6.27. The molecule has 1 fully saturated rings. The normalized spacial score (nSPS) is 16.9. The first-order chi connectivity index (χ1) is 9.56. The number of pyridine rings is 1. The number of nitrogens with zero attached hydrogens (tertiary/aromatic N) is 2. The minimum absolute atomic E-state index is 0.723. The molecule has 2 rings (SSSR count). The summed E-state index contributed by atoms with van der Waals surface area (Å²) in [5, 5.41) is 4.29. The highest BCUT2D eigenvalue weighted by Gasteiger charge is 2.21. The Morgan fingerprint density at radius 1 is 1.45 bits per heavy atom. The first-order valence-electron chi connectivity index (χ1n) is 7.33. The van der Waals surface area contributed by atoms with Crippen molar-refractivity contribution in [2.75, 3.05) is 31.1 Å². The van der Waals surface area contributed by atoms with Crippen LogP contribution in [-0.4, -0.2) is 31.2 Å². The summed E-state index contributed by atoms with van der Waals surface area (Å²) in [5.74, 6) is 2.42. The average Bonchev–Trinajstić information content (AvgIpc) is 2.39.